The van der Waals surface area contributed by atoms with E-state index in [1.807, 2.05) is 30.4 Å². The van der Waals surface area contributed by atoms with Crippen molar-refractivity contribution < 1.29 is 0 Å². The summed E-state index contributed by atoms with van der Waals surface area (Å²) in [4.78, 5) is 0. The van der Waals surface area contributed by atoms with Crippen molar-refractivity contribution in [2.24, 2.45) is 11.5 Å². The van der Waals surface area contributed by atoms with Gasteiger partial charge in [-0.2, -0.15) is 0 Å². The van der Waals surface area contributed by atoms with Gasteiger partial charge in [-0.3, -0.25) is 0 Å². The monoisotopic (exact) mass is 186 g/mol. The van der Waals surface area contributed by atoms with Gasteiger partial charge in [0.25, 0.3) is 0 Å². The second-order valence-electron chi connectivity index (χ2n) is 3.71. The zero-order chi connectivity index (χ0) is 10.0. The zero-order valence-electron chi connectivity index (χ0n) is 7.98. The fraction of sp³-hybridized carbons (Fsp3) is 0.167. The van der Waals surface area contributed by atoms with Gasteiger partial charge in [-0.05, 0) is 11.1 Å². The minimum Gasteiger partial charge on any atom is -0.310 e. The first-order chi connectivity index (χ1) is 6.67. The van der Waals surface area contributed by atoms with Crippen LogP contribution >= 0.6 is 0 Å². The topological polar surface area (TPSA) is 52.0 Å². The molecule has 2 heteroatoms. The molecule has 72 valence electrons. The van der Waals surface area contributed by atoms with Crippen molar-refractivity contribution in [2.75, 3.05) is 0 Å². The lowest BCUT2D eigenvalue weighted by molar-refractivity contribution is 0.565. The molecule has 0 heterocycles. The van der Waals surface area contributed by atoms with Crippen LogP contribution in [0.1, 0.15) is 12.0 Å². The van der Waals surface area contributed by atoms with E-state index < -0.39 is 5.66 Å². The van der Waals surface area contributed by atoms with Crippen LogP contribution in [0.5, 0.6) is 0 Å². The fourth-order valence-corrected chi connectivity index (χ4v) is 1.64. The molecule has 0 fully saturated rings. The Labute approximate surface area is 83.9 Å². The van der Waals surface area contributed by atoms with E-state index in [1.165, 1.54) is 11.1 Å². The molecular formula is C12H14N2. The summed E-state index contributed by atoms with van der Waals surface area (Å²) in [6.07, 6.45) is 6.51. The molecule has 0 unspecified atom stereocenters. The molecule has 2 rings (SSSR count). The molecule has 2 nitrogen and oxygen atoms in total. The van der Waals surface area contributed by atoms with Crippen LogP contribution in [0.2, 0.25) is 0 Å². The lowest BCUT2D eigenvalue weighted by Gasteiger charge is -2.25. The smallest absolute Gasteiger partial charge is 0.0872 e. The third kappa shape index (κ3) is 1.92. The van der Waals surface area contributed by atoms with Gasteiger partial charge in [-0.15, -0.1) is 0 Å². The number of hydrogen-bond acceptors (Lipinski definition) is 2. The van der Waals surface area contributed by atoms with Crippen LogP contribution in [0.25, 0.3) is 5.57 Å². The highest BCUT2D eigenvalue weighted by molar-refractivity contribution is 5.69. The van der Waals surface area contributed by atoms with Gasteiger partial charge >= 0.3 is 0 Å². The van der Waals surface area contributed by atoms with Crippen LogP contribution in [0.4, 0.5) is 0 Å². The number of allylic oxidation sites excluding steroid dienone is 2. The van der Waals surface area contributed by atoms with Gasteiger partial charge in [0, 0.05) is 6.42 Å². The number of benzene rings is 1. The molecule has 0 bridgehead atoms. The summed E-state index contributed by atoms with van der Waals surface area (Å²) in [6.45, 7) is 0. The largest absolute Gasteiger partial charge is 0.310 e. The minimum atomic E-state index is -0.695. The quantitative estimate of drug-likeness (QED) is 0.655. The predicted molar refractivity (Wildman–Crippen MR) is 59.3 cm³/mol. The highest BCUT2D eigenvalue weighted by Gasteiger charge is 2.20. The Morgan fingerprint density at radius 1 is 1.07 bits per heavy atom. The Bertz CT molecular complexity index is 375. The Morgan fingerprint density at radius 2 is 1.79 bits per heavy atom. The molecule has 14 heavy (non-hydrogen) atoms. The summed E-state index contributed by atoms with van der Waals surface area (Å²) in [5.41, 5.74) is 13.4. The van der Waals surface area contributed by atoms with Crippen LogP contribution in [0.15, 0.2) is 48.6 Å². The van der Waals surface area contributed by atoms with Crippen molar-refractivity contribution in [1.29, 1.82) is 0 Å². The molecule has 0 saturated heterocycles. The molecule has 0 spiro atoms. The SMILES string of the molecule is NC1(N)C=CC=C(c2ccccc2)C1. The maximum Gasteiger partial charge on any atom is 0.0872 e. The summed E-state index contributed by atoms with van der Waals surface area (Å²) in [6, 6.07) is 10.2. The average molecular weight is 186 g/mol. The van der Waals surface area contributed by atoms with Gasteiger partial charge in [-0.25, -0.2) is 0 Å². The first-order valence-corrected chi connectivity index (χ1v) is 4.69. The molecule has 0 aromatic heterocycles. The minimum absolute atomic E-state index is 0.688. The van der Waals surface area contributed by atoms with Gasteiger partial charge in [0.05, 0.1) is 5.66 Å². The molecule has 0 saturated carbocycles. The Hall–Kier alpha value is -1.38. The van der Waals surface area contributed by atoms with E-state index in [-0.39, 0.29) is 0 Å². The second kappa shape index (κ2) is 3.40. The van der Waals surface area contributed by atoms with Crippen LogP contribution in [-0.4, -0.2) is 5.66 Å². The molecule has 0 aliphatic heterocycles. The molecule has 1 aromatic carbocycles. The van der Waals surface area contributed by atoms with Gasteiger partial charge < -0.3 is 11.5 Å². The molecule has 0 atom stereocenters. The Balaban J connectivity index is 2.30. The first-order valence-electron chi connectivity index (χ1n) is 4.69. The summed E-state index contributed by atoms with van der Waals surface area (Å²) in [5, 5.41) is 0. The van der Waals surface area contributed by atoms with Gasteiger partial charge in [0.15, 0.2) is 0 Å². The van der Waals surface area contributed by atoms with Crippen molar-refractivity contribution in [3.05, 3.63) is 54.1 Å². The highest BCUT2D eigenvalue weighted by atomic mass is 14.9. The lowest BCUT2D eigenvalue weighted by Crippen LogP contribution is -2.48. The zero-order valence-corrected chi connectivity index (χ0v) is 7.98. The predicted octanol–water partition coefficient (Wildman–Crippen LogP) is 1.64. The lowest BCUT2D eigenvalue weighted by atomic mass is 9.91. The van der Waals surface area contributed by atoms with Crippen molar-refractivity contribution in [1.82, 2.24) is 0 Å². The second-order valence-corrected chi connectivity index (χ2v) is 3.71. The maximum absolute atomic E-state index is 5.86. The van der Waals surface area contributed by atoms with E-state index in [2.05, 4.69) is 18.2 Å². The van der Waals surface area contributed by atoms with E-state index in [1.54, 1.807) is 0 Å². The summed E-state index contributed by atoms with van der Waals surface area (Å²) in [5.74, 6) is 0. The van der Waals surface area contributed by atoms with E-state index in [0.717, 1.165) is 0 Å². The summed E-state index contributed by atoms with van der Waals surface area (Å²) >= 11 is 0. The molecule has 0 amide bonds. The molecule has 1 aromatic rings. The summed E-state index contributed by atoms with van der Waals surface area (Å²) in [7, 11) is 0. The van der Waals surface area contributed by atoms with Crippen molar-refractivity contribution >= 4 is 5.57 Å². The standard InChI is InChI=1S/C12H14N2/c13-12(14)8-4-7-11(9-12)10-5-2-1-3-6-10/h1-8H,9,13-14H2. The summed E-state index contributed by atoms with van der Waals surface area (Å²) < 4.78 is 0. The van der Waals surface area contributed by atoms with Crippen LogP contribution in [0.3, 0.4) is 0 Å². The van der Waals surface area contributed by atoms with Crippen LogP contribution in [0, 0.1) is 0 Å². The Morgan fingerprint density at radius 3 is 2.43 bits per heavy atom. The highest BCUT2D eigenvalue weighted by Crippen LogP contribution is 2.25. The number of hydrogen-bond donors (Lipinski definition) is 2. The molecule has 1 aliphatic rings. The third-order valence-electron chi connectivity index (χ3n) is 2.35. The molecule has 1 aliphatic carbocycles. The van der Waals surface area contributed by atoms with Gasteiger partial charge in [-0.1, -0.05) is 48.6 Å². The molecular weight excluding hydrogens is 172 g/mol. The molecule has 4 N–H and O–H groups in total. The van der Waals surface area contributed by atoms with E-state index >= 15 is 0 Å². The van der Waals surface area contributed by atoms with E-state index in [4.69, 9.17) is 11.5 Å². The van der Waals surface area contributed by atoms with Crippen molar-refractivity contribution in [2.45, 2.75) is 12.1 Å². The van der Waals surface area contributed by atoms with Gasteiger partial charge in [0.1, 0.15) is 0 Å². The van der Waals surface area contributed by atoms with Crippen molar-refractivity contribution in [3.63, 3.8) is 0 Å². The fourth-order valence-electron chi connectivity index (χ4n) is 1.64. The Kier molecular flexibility index (Phi) is 2.23. The number of rotatable bonds is 1. The van der Waals surface area contributed by atoms with Crippen molar-refractivity contribution in [3.8, 4) is 0 Å². The van der Waals surface area contributed by atoms with Crippen LogP contribution < -0.4 is 11.5 Å². The number of nitrogens with two attached hydrogens (primary N) is 2. The van der Waals surface area contributed by atoms with E-state index in [9.17, 15) is 0 Å². The maximum atomic E-state index is 5.86. The van der Waals surface area contributed by atoms with Crippen LogP contribution in [-0.2, 0) is 0 Å². The average Bonchev–Trinajstić information content (AvgIpc) is 2.18. The van der Waals surface area contributed by atoms with Gasteiger partial charge in [0.2, 0.25) is 0 Å². The first kappa shape index (κ1) is 9.19. The third-order valence-corrected chi connectivity index (χ3v) is 2.35. The van der Waals surface area contributed by atoms with E-state index in [0.29, 0.717) is 6.42 Å². The molecule has 0 radical (unpaired) electrons. The normalized spacial score (nSPS) is 19.1.